The molecule has 240 valence electrons. The van der Waals surface area contributed by atoms with Crippen molar-refractivity contribution in [2.24, 2.45) is 0 Å². The van der Waals surface area contributed by atoms with E-state index in [-0.39, 0.29) is 38.0 Å². The highest BCUT2D eigenvalue weighted by Crippen LogP contribution is 2.11. The van der Waals surface area contributed by atoms with E-state index in [9.17, 15) is 24.0 Å². The molecule has 0 spiro atoms. The predicted molar refractivity (Wildman–Crippen MR) is 156 cm³/mol. The minimum absolute atomic E-state index is 0.245. The van der Waals surface area contributed by atoms with Crippen LogP contribution < -0.4 is 0 Å². The lowest BCUT2D eigenvalue weighted by Gasteiger charge is -2.06. The molecule has 3 N–H and O–H groups in total. The third-order valence-electron chi connectivity index (χ3n) is 6.48. The van der Waals surface area contributed by atoms with Crippen LogP contribution in [0.15, 0.2) is 0 Å². The summed E-state index contributed by atoms with van der Waals surface area (Å²) in [5.41, 5.74) is 0. The molecule has 0 aromatic rings. The molecular formula is C31H56O10. The molecule has 0 heterocycles. The number of rotatable bonds is 28. The van der Waals surface area contributed by atoms with E-state index in [0.717, 1.165) is 109 Å². The van der Waals surface area contributed by atoms with Gasteiger partial charge in [0.25, 0.3) is 0 Å². The predicted octanol–water partition coefficient (Wildman–Crippen LogP) is 7.65. The van der Waals surface area contributed by atoms with Crippen molar-refractivity contribution in [3.05, 3.63) is 0 Å². The van der Waals surface area contributed by atoms with Crippen LogP contribution in [0, 0.1) is 0 Å². The smallest absolute Gasteiger partial charge is 0.308 e. The summed E-state index contributed by atoms with van der Waals surface area (Å²) >= 11 is 0. The second kappa shape index (κ2) is 31.9. The molecule has 0 unspecified atom stereocenters. The van der Waals surface area contributed by atoms with Crippen molar-refractivity contribution in [3.63, 3.8) is 0 Å². The Bertz CT molecular complexity index is 658. The van der Waals surface area contributed by atoms with Gasteiger partial charge in [0.2, 0.25) is 6.79 Å². The highest BCUT2D eigenvalue weighted by molar-refractivity contribution is 5.71. The number of carboxylic acids is 3. The van der Waals surface area contributed by atoms with Crippen LogP contribution in [-0.4, -0.2) is 52.0 Å². The van der Waals surface area contributed by atoms with Gasteiger partial charge in [0.1, 0.15) is 0 Å². The molecule has 0 aromatic heterocycles. The summed E-state index contributed by atoms with van der Waals surface area (Å²) in [6, 6.07) is 0. The van der Waals surface area contributed by atoms with Gasteiger partial charge in [-0.1, -0.05) is 96.8 Å². The maximum absolute atomic E-state index is 11.5. The quantitative estimate of drug-likeness (QED) is 0.0469. The van der Waals surface area contributed by atoms with Crippen LogP contribution in [0.5, 0.6) is 0 Å². The standard InChI is InChI=1S/C20H36O6.C11H20O4/c1-2-3-4-8-12-15-19(23)25-17-26-20(24)16-13-10-7-5-6-9-11-14-18(21)22;12-10(13)8-6-4-2-1-3-5-7-9-11(14)15/h2-17H2,1H3,(H,21,22);1-9H2,(H,12,13)(H,14,15). The lowest BCUT2D eigenvalue weighted by molar-refractivity contribution is -0.167. The van der Waals surface area contributed by atoms with Gasteiger partial charge in [0, 0.05) is 32.1 Å². The Morgan fingerprint density at radius 2 is 0.634 bits per heavy atom. The van der Waals surface area contributed by atoms with Crippen molar-refractivity contribution in [1.29, 1.82) is 0 Å². The van der Waals surface area contributed by atoms with Crippen LogP contribution in [0.25, 0.3) is 0 Å². The molecule has 0 aliphatic rings. The number of ether oxygens (including phenoxy) is 2. The third kappa shape index (κ3) is 39.6. The van der Waals surface area contributed by atoms with Crippen molar-refractivity contribution < 1.29 is 48.8 Å². The van der Waals surface area contributed by atoms with Crippen molar-refractivity contribution in [1.82, 2.24) is 0 Å². The number of carbonyl (C=O) groups is 5. The van der Waals surface area contributed by atoms with Crippen LogP contribution >= 0.6 is 0 Å². The highest BCUT2D eigenvalue weighted by atomic mass is 16.7. The van der Waals surface area contributed by atoms with Crippen molar-refractivity contribution >= 4 is 29.8 Å². The van der Waals surface area contributed by atoms with Gasteiger partial charge in [-0.05, 0) is 32.1 Å². The summed E-state index contributed by atoms with van der Waals surface area (Å²) in [6.07, 6.45) is 20.0. The molecule has 0 aliphatic heterocycles. The summed E-state index contributed by atoms with van der Waals surface area (Å²) in [7, 11) is 0. The molecule has 0 saturated carbocycles. The summed E-state index contributed by atoms with van der Waals surface area (Å²) in [4.78, 5) is 53.7. The fourth-order valence-corrected chi connectivity index (χ4v) is 4.04. The molecule has 0 bridgehead atoms. The topological polar surface area (TPSA) is 164 Å². The van der Waals surface area contributed by atoms with E-state index in [4.69, 9.17) is 24.8 Å². The SMILES string of the molecule is CCCCCCCC(=O)OCOC(=O)CCCCCCCCCC(=O)O.O=C(O)CCCCCCCCCC(=O)O. The van der Waals surface area contributed by atoms with E-state index < -0.39 is 17.9 Å². The molecule has 0 fully saturated rings. The van der Waals surface area contributed by atoms with Crippen LogP contribution in [-0.2, 0) is 33.4 Å². The Hall–Kier alpha value is -2.65. The van der Waals surface area contributed by atoms with Crippen molar-refractivity contribution in [3.8, 4) is 0 Å². The van der Waals surface area contributed by atoms with Crippen LogP contribution in [0.2, 0.25) is 0 Å². The Kier molecular flexibility index (Phi) is 31.5. The first kappa shape index (κ1) is 40.5. The van der Waals surface area contributed by atoms with E-state index in [1.807, 2.05) is 0 Å². The average Bonchev–Trinajstić information content (AvgIpc) is 2.91. The number of hydrogen-bond acceptors (Lipinski definition) is 7. The zero-order valence-corrected chi connectivity index (χ0v) is 25.4. The first-order chi connectivity index (χ1) is 19.7. The largest absolute Gasteiger partial charge is 0.481 e. The summed E-state index contributed by atoms with van der Waals surface area (Å²) in [5, 5.41) is 25.3. The molecule has 0 rings (SSSR count). The Balaban J connectivity index is 0. The zero-order valence-electron chi connectivity index (χ0n) is 25.4. The maximum Gasteiger partial charge on any atom is 0.308 e. The first-order valence-corrected chi connectivity index (χ1v) is 15.7. The molecule has 41 heavy (non-hydrogen) atoms. The van der Waals surface area contributed by atoms with Crippen LogP contribution in [0.3, 0.4) is 0 Å². The van der Waals surface area contributed by atoms with Crippen LogP contribution in [0.4, 0.5) is 0 Å². The minimum atomic E-state index is -0.735. The molecule has 10 nitrogen and oxygen atoms in total. The van der Waals surface area contributed by atoms with Crippen molar-refractivity contribution in [2.75, 3.05) is 6.79 Å². The van der Waals surface area contributed by atoms with Gasteiger partial charge < -0.3 is 24.8 Å². The monoisotopic (exact) mass is 588 g/mol. The molecule has 0 aliphatic carbocycles. The van der Waals surface area contributed by atoms with E-state index in [1.165, 1.54) is 12.8 Å². The van der Waals surface area contributed by atoms with Gasteiger partial charge >= 0.3 is 29.8 Å². The van der Waals surface area contributed by atoms with Gasteiger partial charge in [-0.2, -0.15) is 0 Å². The average molecular weight is 589 g/mol. The normalized spacial score (nSPS) is 10.4. The second-order valence-electron chi connectivity index (χ2n) is 10.4. The Morgan fingerprint density at radius 1 is 0.390 bits per heavy atom. The van der Waals surface area contributed by atoms with E-state index in [0.29, 0.717) is 12.8 Å². The number of unbranched alkanes of at least 4 members (excludes halogenated alkanes) is 16. The molecule has 0 radical (unpaired) electrons. The first-order valence-electron chi connectivity index (χ1n) is 15.7. The number of carbonyl (C=O) groups excluding carboxylic acids is 2. The molecular weight excluding hydrogens is 532 g/mol. The molecule has 0 atom stereocenters. The zero-order chi connectivity index (χ0) is 31.0. The number of aliphatic carboxylic acids is 3. The van der Waals surface area contributed by atoms with E-state index >= 15 is 0 Å². The van der Waals surface area contributed by atoms with Gasteiger partial charge in [-0.3, -0.25) is 24.0 Å². The van der Waals surface area contributed by atoms with Gasteiger partial charge in [-0.25, -0.2) is 0 Å². The second-order valence-corrected chi connectivity index (χ2v) is 10.4. The third-order valence-corrected chi connectivity index (χ3v) is 6.48. The lowest BCUT2D eigenvalue weighted by Crippen LogP contribution is -2.12. The van der Waals surface area contributed by atoms with Gasteiger partial charge in [0.05, 0.1) is 0 Å². The molecule has 0 aromatic carbocycles. The highest BCUT2D eigenvalue weighted by Gasteiger charge is 2.06. The minimum Gasteiger partial charge on any atom is -0.481 e. The van der Waals surface area contributed by atoms with Crippen LogP contribution in [0.1, 0.15) is 161 Å². The molecule has 10 heteroatoms. The summed E-state index contributed by atoms with van der Waals surface area (Å²) in [6.45, 7) is 1.87. The van der Waals surface area contributed by atoms with Gasteiger partial charge in [-0.15, -0.1) is 0 Å². The van der Waals surface area contributed by atoms with E-state index in [2.05, 4.69) is 6.92 Å². The van der Waals surface area contributed by atoms with E-state index in [1.54, 1.807) is 0 Å². The van der Waals surface area contributed by atoms with Crippen molar-refractivity contribution in [2.45, 2.75) is 161 Å². The molecule has 0 saturated heterocycles. The summed E-state index contributed by atoms with van der Waals surface area (Å²) < 4.78 is 9.80. The Morgan fingerprint density at radius 3 is 0.902 bits per heavy atom. The fourth-order valence-electron chi connectivity index (χ4n) is 4.04. The number of carboxylic acid groups (broad SMARTS) is 3. The summed E-state index contributed by atoms with van der Waals surface area (Å²) in [5.74, 6) is -2.83. The Labute approximate surface area is 246 Å². The number of hydrogen-bond donors (Lipinski definition) is 3. The molecule has 0 amide bonds. The lowest BCUT2D eigenvalue weighted by atomic mass is 10.1. The number of esters is 2. The maximum atomic E-state index is 11.5. The fraction of sp³-hybridized carbons (Fsp3) is 0.839. The van der Waals surface area contributed by atoms with Gasteiger partial charge in [0.15, 0.2) is 0 Å².